The molecule has 1 fully saturated rings. The summed E-state index contributed by atoms with van der Waals surface area (Å²) in [5, 5.41) is 5.02. The minimum absolute atomic E-state index is 0.140. The third-order valence-corrected chi connectivity index (χ3v) is 6.81. The average Bonchev–Trinajstić information content (AvgIpc) is 3.22. The first kappa shape index (κ1) is 19.0. The Bertz CT molecular complexity index is 1020. The smallest absolute Gasteiger partial charge is 0.401 e. The number of halogens is 3. The summed E-state index contributed by atoms with van der Waals surface area (Å²) in [5.74, 6) is 0. The highest BCUT2D eigenvalue weighted by Gasteiger charge is 2.42. The molecule has 3 aromatic rings. The van der Waals surface area contributed by atoms with Crippen LogP contribution in [0.5, 0.6) is 5.06 Å². The van der Waals surface area contributed by atoms with Crippen LogP contribution in [0.15, 0.2) is 36.4 Å². The molecule has 4 heterocycles. The number of hydrogen-bond donors (Lipinski definition) is 2. The number of ether oxygens (including phenoxy) is 1. The molecule has 0 saturated carbocycles. The Morgan fingerprint density at radius 1 is 1.17 bits per heavy atom. The molecular formula is C21H22F3N3OS. The van der Waals surface area contributed by atoms with Crippen LogP contribution in [0.4, 0.5) is 13.2 Å². The lowest BCUT2D eigenvalue weighted by molar-refractivity contribution is -0.155. The molecule has 1 aromatic carbocycles. The first-order chi connectivity index (χ1) is 13.9. The predicted molar refractivity (Wildman–Crippen MR) is 108 cm³/mol. The van der Waals surface area contributed by atoms with E-state index in [1.165, 1.54) is 11.3 Å². The molecule has 5 rings (SSSR count). The summed E-state index contributed by atoms with van der Waals surface area (Å²) >= 11 is 1.44. The maximum absolute atomic E-state index is 13.4. The first-order valence-electron chi connectivity index (χ1n) is 9.78. The molecule has 0 spiro atoms. The fraction of sp³-hybridized carbons (Fsp3) is 0.429. The van der Waals surface area contributed by atoms with Crippen LogP contribution in [0.25, 0.3) is 10.9 Å². The van der Waals surface area contributed by atoms with Crippen LogP contribution < -0.4 is 10.1 Å². The summed E-state index contributed by atoms with van der Waals surface area (Å²) in [6, 6.07) is 11.0. The van der Waals surface area contributed by atoms with E-state index in [4.69, 9.17) is 4.74 Å². The van der Waals surface area contributed by atoms with E-state index in [2.05, 4.69) is 10.3 Å². The van der Waals surface area contributed by atoms with Crippen molar-refractivity contribution in [2.45, 2.75) is 37.7 Å². The summed E-state index contributed by atoms with van der Waals surface area (Å²) in [5.41, 5.74) is 2.96. The van der Waals surface area contributed by atoms with Gasteiger partial charge in [0.2, 0.25) is 0 Å². The van der Waals surface area contributed by atoms with E-state index >= 15 is 0 Å². The van der Waals surface area contributed by atoms with Crippen molar-refractivity contribution in [3.8, 4) is 5.06 Å². The lowest BCUT2D eigenvalue weighted by Crippen LogP contribution is -2.50. The number of hydrogen-bond acceptors (Lipinski definition) is 4. The molecule has 2 aliphatic rings. The van der Waals surface area contributed by atoms with Crippen molar-refractivity contribution in [1.82, 2.24) is 15.2 Å². The van der Waals surface area contributed by atoms with Gasteiger partial charge in [-0.1, -0.05) is 18.2 Å². The fourth-order valence-corrected chi connectivity index (χ4v) is 5.38. The summed E-state index contributed by atoms with van der Waals surface area (Å²) in [7, 11) is 0. The van der Waals surface area contributed by atoms with Crippen LogP contribution in [0.3, 0.4) is 0 Å². The highest BCUT2D eigenvalue weighted by molar-refractivity contribution is 7.13. The van der Waals surface area contributed by atoms with Crippen molar-refractivity contribution in [1.29, 1.82) is 0 Å². The summed E-state index contributed by atoms with van der Waals surface area (Å²) in [4.78, 5) is 5.86. The number of aromatic nitrogens is 1. The lowest BCUT2D eigenvalue weighted by atomic mass is 9.91. The van der Waals surface area contributed by atoms with Gasteiger partial charge in [0.1, 0.15) is 6.10 Å². The molecule has 154 valence electrons. The van der Waals surface area contributed by atoms with Crippen molar-refractivity contribution in [2.24, 2.45) is 0 Å². The second-order valence-corrected chi connectivity index (χ2v) is 8.94. The lowest BCUT2D eigenvalue weighted by Gasteiger charge is -2.40. The molecule has 2 aliphatic heterocycles. The second kappa shape index (κ2) is 7.04. The van der Waals surface area contributed by atoms with E-state index in [-0.39, 0.29) is 12.1 Å². The van der Waals surface area contributed by atoms with Gasteiger partial charge in [-0.05, 0) is 37.1 Å². The Morgan fingerprint density at radius 3 is 2.69 bits per heavy atom. The fourth-order valence-electron chi connectivity index (χ4n) is 4.32. The number of thiophene rings is 1. The van der Waals surface area contributed by atoms with Gasteiger partial charge < -0.3 is 15.0 Å². The second-order valence-electron chi connectivity index (χ2n) is 7.86. The number of alkyl halides is 3. The van der Waals surface area contributed by atoms with Crippen LogP contribution in [-0.2, 0) is 6.42 Å². The molecular weight excluding hydrogens is 399 g/mol. The largest absolute Gasteiger partial charge is 0.478 e. The molecule has 2 N–H and O–H groups in total. The average molecular weight is 421 g/mol. The van der Waals surface area contributed by atoms with Gasteiger partial charge in [-0.2, -0.15) is 13.2 Å². The molecule has 0 radical (unpaired) electrons. The highest BCUT2D eigenvalue weighted by atomic mass is 32.1. The molecule has 0 bridgehead atoms. The Morgan fingerprint density at radius 2 is 1.97 bits per heavy atom. The minimum Gasteiger partial charge on any atom is -0.478 e. The molecule has 0 aliphatic carbocycles. The van der Waals surface area contributed by atoms with Crippen molar-refractivity contribution in [3.05, 3.63) is 52.5 Å². The maximum Gasteiger partial charge on any atom is 0.401 e. The third-order valence-electron chi connectivity index (χ3n) is 5.78. The number of rotatable bonds is 4. The van der Waals surface area contributed by atoms with E-state index in [0.717, 1.165) is 45.2 Å². The normalized spacial score (nSPS) is 23.2. The number of aromatic amines is 1. The van der Waals surface area contributed by atoms with Crippen molar-refractivity contribution in [2.75, 3.05) is 19.6 Å². The summed E-state index contributed by atoms with van der Waals surface area (Å²) < 4.78 is 46.2. The van der Waals surface area contributed by atoms with Gasteiger partial charge in [0.25, 0.3) is 0 Å². The first-order valence-corrected chi connectivity index (χ1v) is 10.6. The summed E-state index contributed by atoms with van der Waals surface area (Å²) in [6.45, 7) is 2.56. The summed E-state index contributed by atoms with van der Waals surface area (Å²) in [6.07, 6.45) is -3.53. The molecule has 1 saturated heterocycles. The van der Waals surface area contributed by atoms with E-state index in [1.54, 1.807) is 4.90 Å². The van der Waals surface area contributed by atoms with Gasteiger partial charge in [0, 0.05) is 40.6 Å². The van der Waals surface area contributed by atoms with E-state index < -0.39 is 18.8 Å². The third kappa shape index (κ3) is 3.53. The SMILES string of the molecule is C[C@@H]1Cc2c([nH]c3ccccc23)[C@@H](c2ccc(OC3CNC3)s2)N1CC(F)(F)F. The zero-order valence-corrected chi connectivity index (χ0v) is 16.7. The minimum atomic E-state index is -4.26. The van der Waals surface area contributed by atoms with Gasteiger partial charge in [-0.3, -0.25) is 4.90 Å². The van der Waals surface area contributed by atoms with Crippen LogP contribution in [0.2, 0.25) is 0 Å². The van der Waals surface area contributed by atoms with Crippen molar-refractivity contribution >= 4 is 22.2 Å². The highest BCUT2D eigenvalue weighted by Crippen LogP contribution is 2.45. The maximum atomic E-state index is 13.4. The van der Waals surface area contributed by atoms with Gasteiger partial charge >= 0.3 is 6.18 Å². The molecule has 0 unspecified atom stereocenters. The zero-order chi connectivity index (χ0) is 20.2. The predicted octanol–water partition coefficient (Wildman–Crippen LogP) is 4.48. The topological polar surface area (TPSA) is 40.3 Å². The van der Waals surface area contributed by atoms with Gasteiger partial charge in [-0.15, -0.1) is 11.3 Å². The Kier molecular flexibility index (Phi) is 4.60. The van der Waals surface area contributed by atoms with Crippen LogP contribution >= 0.6 is 11.3 Å². The molecule has 8 heteroatoms. The van der Waals surface area contributed by atoms with Gasteiger partial charge in [0.15, 0.2) is 5.06 Å². The number of nitrogens with zero attached hydrogens (tertiary/aromatic N) is 1. The Hall–Kier alpha value is -2.03. The molecule has 29 heavy (non-hydrogen) atoms. The number of H-pyrrole nitrogens is 1. The number of para-hydroxylation sites is 1. The standard InChI is InChI=1S/C21H22F3N3OS/c1-12-8-15-14-4-2-3-5-16(14)26-19(15)20(27(12)11-21(22,23)24)17-6-7-18(29-17)28-13-9-25-10-13/h2-7,12-13,20,25-26H,8-11H2,1H3/t12-,20-/m1/s1. The van der Waals surface area contributed by atoms with E-state index in [9.17, 15) is 13.2 Å². The molecule has 4 nitrogen and oxygen atoms in total. The molecule has 0 amide bonds. The quantitative estimate of drug-likeness (QED) is 0.653. The monoisotopic (exact) mass is 421 g/mol. The Balaban J connectivity index is 1.58. The zero-order valence-electron chi connectivity index (χ0n) is 15.9. The number of benzene rings is 1. The van der Waals surface area contributed by atoms with Crippen LogP contribution in [0, 0.1) is 0 Å². The van der Waals surface area contributed by atoms with Crippen LogP contribution in [0.1, 0.15) is 29.1 Å². The molecule has 2 atom stereocenters. The number of fused-ring (bicyclic) bond motifs is 3. The van der Waals surface area contributed by atoms with Crippen molar-refractivity contribution in [3.63, 3.8) is 0 Å². The molecule has 2 aromatic heterocycles. The van der Waals surface area contributed by atoms with Gasteiger partial charge in [-0.25, -0.2) is 0 Å². The number of nitrogens with one attached hydrogen (secondary N) is 2. The van der Waals surface area contributed by atoms with Crippen LogP contribution in [-0.4, -0.2) is 47.8 Å². The van der Waals surface area contributed by atoms with Crippen molar-refractivity contribution < 1.29 is 17.9 Å². The Labute approximate surface area is 170 Å². The van der Waals surface area contributed by atoms with E-state index in [0.29, 0.717) is 6.42 Å². The van der Waals surface area contributed by atoms with E-state index in [1.807, 2.05) is 43.3 Å². The van der Waals surface area contributed by atoms with Gasteiger partial charge in [0.05, 0.1) is 12.6 Å².